The molecular weight excluding hydrogens is 346 g/mol. The first-order valence-corrected chi connectivity index (χ1v) is 8.95. The van der Waals surface area contributed by atoms with Gasteiger partial charge in [0.2, 0.25) is 5.95 Å². The number of imidazole rings is 1. The molecule has 0 saturated carbocycles. The number of ether oxygens (including phenoxy) is 2. The lowest BCUT2D eigenvalue weighted by Gasteiger charge is -2.27. The maximum atomic E-state index is 5.74. The van der Waals surface area contributed by atoms with E-state index in [0.717, 1.165) is 35.5 Å². The molecular formula is C18H23N7O2. The van der Waals surface area contributed by atoms with E-state index < -0.39 is 0 Å². The Bertz CT molecular complexity index is 919. The highest BCUT2D eigenvalue weighted by Gasteiger charge is 2.21. The van der Waals surface area contributed by atoms with Crippen molar-refractivity contribution in [1.29, 1.82) is 0 Å². The highest BCUT2D eigenvalue weighted by Crippen LogP contribution is 2.29. The molecule has 3 aromatic heterocycles. The molecule has 3 aromatic rings. The Balaban J connectivity index is 1.87. The van der Waals surface area contributed by atoms with Crippen LogP contribution in [0.25, 0.3) is 22.4 Å². The third-order valence-corrected chi connectivity index (χ3v) is 4.65. The van der Waals surface area contributed by atoms with E-state index in [-0.39, 0.29) is 6.04 Å². The number of hydrogen-bond acceptors (Lipinski definition) is 8. The molecule has 1 unspecified atom stereocenters. The molecule has 0 radical (unpaired) electrons. The lowest BCUT2D eigenvalue weighted by atomic mass is 10.2. The fourth-order valence-electron chi connectivity index (χ4n) is 3.20. The number of fused-ring (bicyclic) bond motifs is 1. The molecule has 142 valence electrons. The van der Waals surface area contributed by atoms with Gasteiger partial charge in [-0.05, 0) is 19.1 Å². The van der Waals surface area contributed by atoms with Gasteiger partial charge < -0.3 is 24.7 Å². The largest absolute Gasteiger partial charge is 0.384 e. The highest BCUT2D eigenvalue weighted by atomic mass is 16.5. The van der Waals surface area contributed by atoms with Crippen LogP contribution in [-0.4, -0.2) is 64.5 Å². The summed E-state index contributed by atoms with van der Waals surface area (Å²) in [5.74, 6) is 1.14. The highest BCUT2D eigenvalue weighted by molar-refractivity contribution is 5.88. The van der Waals surface area contributed by atoms with Gasteiger partial charge in [-0.2, -0.15) is 4.98 Å². The van der Waals surface area contributed by atoms with Gasteiger partial charge in [-0.15, -0.1) is 0 Å². The van der Waals surface area contributed by atoms with E-state index in [1.807, 2.05) is 10.6 Å². The number of morpholine rings is 1. The van der Waals surface area contributed by atoms with Crippen molar-refractivity contribution in [3.05, 3.63) is 24.7 Å². The van der Waals surface area contributed by atoms with E-state index in [2.05, 4.69) is 21.8 Å². The van der Waals surface area contributed by atoms with E-state index in [0.29, 0.717) is 31.6 Å². The Kier molecular flexibility index (Phi) is 4.87. The summed E-state index contributed by atoms with van der Waals surface area (Å²) in [7, 11) is 1.69. The predicted octanol–water partition coefficient (Wildman–Crippen LogP) is 1.51. The van der Waals surface area contributed by atoms with Crippen LogP contribution in [0.5, 0.6) is 0 Å². The van der Waals surface area contributed by atoms with Crippen LogP contribution in [0.4, 0.5) is 11.8 Å². The number of pyridine rings is 1. The number of nitrogen functional groups attached to an aromatic ring is 1. The molecule has 0 amide bonds. The molecule has 0 aromatic carbocycles. The molecule has 1 fully saturated rings. The first-order chi connectivity index (χ1) is 13.2. The summed E-state index contributed by atoms with van der Waals surface area (Å²) >= 11 is 0. The van der Waals surface area contributed by atoms with E-state index in [4.69, 9.17) is 25.2 Å². The molecule has 4 rings (SSSR count). The zero-order valence-electron chi connectivity index (χ0n) is 15.5. The van der Waals surface area contributed by atoms with Crippen molar-refractivity contribution in [3.63, 3.8) is 0 Å². The van der Waals surface area contributed by atoms with E-state index >= 15 is 0 Å². The summed E-state index contributed by atoms with van der Waals surface area (Å²) in [5.41, 5.74) is 8.86. The fourth-order valence-corrected chi connectivity index (χ4v) is 3.20. The molecule has 4 heterocycles. The fraction of sp³-hybridized carbons (Fsp3) is 0.444. The minimum Gasteiger partial charge on any atom is -0.384 e. The Hall–Kier alpha value is -2.78. The van der Waals surface area contributed by atoms with Gasteiger partial charge in [-0.25, -0.2) is 15.0 Å². The van der Waals surface area contributed by atoms with Gasteiger partial charge in [0.05, 0.1) is 32.2 Å². The van der Waals surface area contributed by atoms with E-state index in [1.54, 1.807) is 25.7 Å². The molecule has 1 atom stereocenters. The molecule has 1 aliphatic rings. The Morgan fingerprint density at radius 1 is 1.22 bits per heavy atom. The third kappa shape index (κ3) is 3.43. The summed E-state index contributed by atoms with van der Waals surface area (Å²) in [4.78, 5) is 20.6. The molecule has 1 aliphatic heterocycles. The van der Waals surface area contributed by atoms with Crippen LogP contribution in [-0.2, 0) is 9.47 Å². The van der Waals surface area contributed by atoms with Crippen molar-refractivity contribution in [2.75, 3.05) is 50.7 Å². The number of hydrogen-bond donors (Lipinski definition) is 1. The molecule has 2 N–H and O–H groups in total. The smallest absolute Gasteiger partial charge is 0.228 e. The molecule has 9 nitrogen and oxygen atoms in total. The van der Waals surface area contributed by atoms with E-state index in [1.165, 1.54) is 0 Å². The number of rotatable bonds is 5. The maximum Gasteiger partial charge on any atom is 0.228 e. The van der Waals surface area contributed by atoms with Crippen LogP contribution in [0.1, 0.15) is 13.0 Å². The third-order valence-electron chi connectivity index (χ3n) is 4.65. The van der Waals surface area contributed by atoms with Crippen molar-refractivity contribution >= 4 is 22.9 Å². The summed E-state index contributed by atoms with van der Waals surface area (Å²) in [6.07, 6.45) is 3.51. The Morgan fingerprint density at radius 3 is 2.74 bits per heavy atom. The molecule has 0 aliphatic carbocycles. The van der Waals surface area contributed by atoms with Crippen LogP contribution in [0.15, 0.2) is 24.7 Å². The Morgan fingerprint density at radius 2 is 2.04 bits per heavy atom. The summed E-state index contributed by atoms with van der Waals surface area (Å²) in [5, 5.41) is 0. The average molecular weight is 369 g/mol. The van der Waals surface area contributed by atoms with Gasteiger partial charge >= 0.3 is 0 Å². The van der Waals surface area contributed by atoms with Crippen molar-refractivity contribution < 1.29 is 9.47 Å². The molecule has 9 heteroatoms. The van der Waals surface area contributed by atoms with Gasteiger partial charge in [0.25, 0.3) is 0 Å². The number of anilines is 2. The molecule has 0 bridgehead atoms. The minimum absolute atomic E-state index is 0.102. The van der Waals surface area contributed by atoms with Crippen molar-refractivity contribution in [2.24, 2.45) is 0 Å². The SMILES string of the molecule is COCC(C)n1cnc2c(-c3ccc(N)nc3)nc(N3CCOCC3)nc21. The van der Waals surface area contributed by atoms with Gasteiger partial charge in [0.1, 0.15) is 17.0 Å². The zero-order valence-corrected chi connectivity index (χ0v) is 15.5. The second-order valence-electron chi connectivity index (χ2n) is 6.57. The monoisotopic (exact) mass is 369 g/mol. The minimum atomic E-state index is 0.102. The normalized spacial score (nSPS) is 16.0. The lowest BCUT2D eigenvalue weighted by Crippen LogP contribution is -2.37. The zero-order chi connectivity index (χ0) is 18.8. The van der Waals surface area contributed by atoms with Crippen molar-refractivity contribution in [3.8, 4) is 11.3 Å². The molecule has 1 saturated heterocycles. The first-order valence-electron chi connectivity index (χ1n) is 8.95. The number of nitrogens with two attached hydrogens (primary N) is 1. The number of aromatic nitrogens is 5. The van der Waals surface area contributed by atoms with Crippen LogP contribution in [0.2, 0.25) is 0 Å². The first kappa shape index (κ1) is 17.6. The molecule has 0 spiro atoms. The van der Waals surface area contributed by atoms with Crippen molar-refractivity contribution in [2.45, 2.75) is 13.0 Å². The number of methoxy groups -OCH3 is 1. The predicted molar refractivity (Wildman–Crippen MR) is 103 cm³/mol. The summed E-state index contributed by atoms with van der Waals surface area (Å²) in [6, 6.07) is 3.78. The van der Waals surface area contributed by atoms with Gasteiger partial charge in [0, 0.05) is 32.0 Å². The second kappa shape index (κ2) is 7.45. The van der Waals surface area contributed by atoms with E-state index in [9.17, 15) is 0 Å². The lowest BCUT2D eigenvalue weighted by molar-refractivity contribution is 0.122. The summed E-state index contributed by atoms with van der Waals surface area (Å²) in [6.45, 7) is 5.49. The van der Waals surface area contributed by atoms with Crippen LogP contribution in [0.3, 0.4) is 0 Å². The van der Waals surface area contributed by atoms with Crippen molar-refractivity contribution in [1.82, 2.24) is 24.5 Å². The van der Waals surface area contributed by atoms with Crippen LogP contribution >= 0.6 is 0 Å². The topological polar surface area (TPSA) is 104 Å². The quantitative estimate of drug-likeness (QED) is 0.722. The maximum absolute atomic E-state index is 5.74. The van der Waals surface area contributed by atoms with Crippen LogP contribution in [0, 0.1) is 0 Å². The average Bonchev–Trinajstić information content (AvgIpc) is 3.13. The Labute approximate surface area is 157 Å². The van der Waals surface area contributed by atoms with Crippen LogP contribution < -0.4 is 10.6 Å². The molecule has 27 heavy (non-hydrogen) atoms. The number of nitrogens with zero attached hydrogens (tertiary/aromatic N) is 6. The second-order valence-corrected chi connectivity index (χ2v) is 6.57. The van der Waals surface area contributed by atoms with Gasteiger partial charge in [0.15, 0.2) is 5.65 Å². The standard InChI is InChI=1S/C18H23N7O2/c1-12(10-26-2)25-11-21-16-15(13-3-4-14(19)20-9-13)22-18(23-17(16)25)24-5-7-27-8-6-24/h3-4,9,11-12H,5-8,10H2,1-2H3,(H2,19,20). The van der Waals surface area contributed by atoms with Gasteiger partial charge in [-0.3, -0.25) is 0 Å². The summed E-state index contributed by atoms with van der Waals surface area (Å²) < 4.78 is 12.8. The van der Waals surface area contributed by atoms with Gasteiger partial charge in [-0.1, -0.05) is 0 Å².